The van der Waals surface area contributed by atoms with Crippen molar-refractivity contribution in [2.24, 2.45) is 5.73 Å². The largest absolute Gasteiger partial charge is 0.339 e. The minimum atomic E-state index is 0.163. The number of nitrogens with two attached hydrogens (primary N) is 1. The van der Waals surface area contributed by atoms with E-state index >= 15 is 0 Å². The van der Waals surface area contributed by atoms with Gasteiger partial charge in [0.15, 0.2) is 0 Å². The molecule has 0 amide bonds. The van der Waals surface area contributed by atoms with Crippen molar-refractivity contribution >= 4 is 11.3 Å². The molecule has 1 fully saturated rings. The van der Waals surface area contributed by atoms with Crippen molar-refractivity contribution in [2.75, 3.05) is 0 Å². The lowest BCUT2D eigenvalue weighted by molar-refractivity contribution is 0.290. The summed E-state index contributed by atoms with van der Waals surface area (Å²) in [6.45, 7) is 2.06. The fourth-order valence-electron chi connectivity index (χ4n) is 2.55. The van der Waals surface area contributed by atoms with Crippen LogP contribution in [0.15, 0.2) is 15.3 Å². The second-order valence-electron chi connectivity index (χ2n) is 4.98. The summed E-state index contributed by atoms with van der Waals surface area (Å²) in [6.07, 6.45) is 4.53. The van der Waals surface area contributed by atoms with Gasteiger partial charge in [-0.3, -0.25) is 0 Å². The third kappa shape index (κ3) is 2.08. The molecule has 2 aromatic heterocycles. The standard InChI is InChI=1S/C13H17N3OS/c1-8-6-18-7-10(8)12-15-13(17-16-12)9-4-2-3-5-11(9)14/h6-7,9,11H,2-5,14H2,1H3. The number of rotatable bonds is 2. The Labute approximate surface area is 110 Å². The van der Waals surface area contributed by atoms with E-state index in [-0.39, 0.29) is 12.0 Å². The molecule has 2 aromatic rings. The zero-order valence-corrected chi connectivity index (χ0v) is 11.2. The molecule has 0 aliphatic heterocycles. The van der Waals surface area contributed by atoms with Gasteiger partial charge in [0.25, 0.3) is 0 Å². The maximum Gasteiger partial charge on any atom is 0.231 e. The predicted octanol–water partition coefficient (Wildman–Crippen LogP) is 3.09. The van der Waals surface area contributed by atoms with Gasteiger partial charge in [0.2, 0.25) is 11.7 Å². The molecular formula is C13H17N3OS. The maximum atomic E-state index is 6.14. The first kappa shape index (κ1) is 11.9. The highest BCUT2D eigenvalue weighted by Gasteiger charge is 2.28. The quantitative estimate of drug-likeness (QED) is 0.904. The summed E-state index contributed by atoms with van der Waals surface area (Å²) in [5.41, 5.74) is 8.41. The van der Waals surface area contributed by atoms with E-state index in [1.165, 1.54) is 18.4 Å². The Morgan fingerprint density at radius 3 is 2.89 bits per heavy atom. The summed E-state index contributed by atoms with van der Waals surface area (Å²) >= 11 is 1.66. The van der Waals surface area contributed by atoms with Gasteiger partial charge in [0, 0.05) is 17.0 Å². The second-order valence-corrected chi connectivity index (χ2v) is 5.72. The zero-order chi connectivity index (χ0) is 12.5. The van der Waals surface area contributed by atoms with Crippen LogP contribution < -0.4 is 5.73 Å². The SMILES string of the molecule is Cc1cscc1-c1noc(C2CCCCC2N)n1. The Hall–Kier alpha value is -1.20. The van der Waals surface area contributed by atoms with Gasteiger partial charge in [0.05, 0.1) is 5.92 Å². The number of hydrogen-bond donors (Lipinski definition) is 1. The number of thiophene rings is 1. The molecule has 0 bridgehead atoms. The summed E-state index contributed by atoms with van der Waals surface area (Å²) in [7, 11) is 0. The van der Waals surface area contributed by atoms with Crippen LogP contribution in [0.2, 0.25) is 0 Å². The molecule has 1 saturated carbocycles. The fraction of sp³-hybridized carbons (Fsp3) is 0.538. The van der Waals surface area contributed by atoms with Crippen molar-refractivity contribution in [1.82, 2.24) is 10.1 Å². The van der Waals surface area contributed by atoms with Crippen LogP contribution in [0.25, 0.3) is 11.4 Å². The van der Waals surface area contributed by atoms with E-state index in [1.807, 2.05) is 0 Å². The predicted molar refractivity (Wildman–Crippen MR) is 71.5 cm³/mol. The Morgan fingerprint density at radius 1 is 1.33 bits per heavy atom. The van der Waals surface area contributed by atoms with Crippen molar-refractivity contribution in [1.29, 1.82) is 0 Å². The molecule has 1 aliphatic rings. The van der Waals surface area contributed by atoms with E-state index in [0.717, 1.165) is 18.4 Å². The third-order valence-corrected chi connectivity index (χ3v) is 4.54. The number of hydrogen-bond acceptors (Lipinski definition) is 5. The molecule has 1 aliphatic carbocycles. The Morgan fingerprint density at radius 2 is 2.17 bits per heavy atom. The van der Waals surface area contributed by atoms with Gasteiger partial charge >= 0.3 is 0 Å². The summed E-state index contributed by atoms with van der Waals surface area (Å²) in [4.78, 5) is 4.54. The molecule has 2 atom stereocenters. The Balaban J connectivity index is 1.87. The Bertz CT molecular complexity index is 534. The first-order valence-corrected chi connectivity index (χ1v) is 7.32. The van der Waals surface area contributed by atoms with Crippen LogP contribution in [0, 0.1) is 6.92 Å². The number of nitrogens with zero attached hydrogens (tertiary/aromatic N) is 2. The monoisotopic (exact) mass is 263 g/mol. The number of aryl methyl sites for hydroxylation is 1. The van der Waals surface area contributed by atoms with E-state index in [2.05, 4.69) is 27.8 Å². The van der Waals surface area contributed by atoms with Crippen molar-refractivity contribution in [3.63, 3.8) is 0 Å². The highest BCUT2D eigenvalue weighted by molar-refractivity contribution is 7.08. The molecule has 0 radical (unpaired) electrons. The summed E-state index contributed by atoms with van der Waals surface area (Å²) in [5.74, 6) is 1.64. The van der Waals surface area contributed by atoms with Crippen LogP contribution in [0.1, 0.15) is 43.1 Å². The van der Waals surface area contributed by atoms with Gasteiger partial charge in [-0.2, -0.15) is 16.3 Å². The highest BCUT2D eigenvalue weighted by Crippen LogP contribution is 2.32. The van der Waals surface area contributed by atoms with E-state index in [0.29, 0.717) is 11.7 Å². The van der Waals surface area contributed by atoms with Crippen molar-refractivity contribution in [2.45, 2.75) is 44.6 Å². The van der Waals surface area contributed by atoms with Gasteiger partial charge in [-0.15, -0.1) is 0 Å². The lowest BCUT2D eigenvalue weighted by Gasteiger charge is -2.25. The minimum Gasteiger partial charge on any atom is -0.339 e. The molecule has 2 N–H and O–H groups in total. The van der Waals surface area contributed by atoms with Crippen LogP contribution in [-0.2, 0) is 0 Å². The lowest BCUT2D eigenvalue weighted by Crippen LogP contribution is -2.31. The number of aromatic nitrogens is 2. The molecule has 18 heavy (non-hydrogen) atoms. The molecule has 0 aromatic carbocycles. The molecule has 0 saturated heterocycles. The van der Waals surface area contributed by atoms with Gasteiger partial charge in [-0.25, -0.2) is 0 Å². The van der Waals surface area contributed by atoms with Gasteiger partial charge in [-0.1, -0.05) is 18.0 Å². The van der Waals surface area contributed by atoms with E-state index < -0.39 is 0 Å². The average molecular weight is 263 g/mol. The first-order chi connectivity index (χ1) is 8.75. The lowest BCUT2D eigenvalue weighted by atomic mass is 9.85. The van der Waals surface area contributed by atoms with Crippen LogP contribution in [-0.4, -0.2) is 16.2 Å². The first-order valence-electron chi connectivity index (χ1n) is 6.38. The van der Waals surface area contributed by atoms with Crippen LogP contribution in [0.5, 0.6) is 0 Å². The zero-order valence-electron chi connectivity index (χ0n) is 10.4. The van der Waals surface area contributed by atoms with Crippen molar-refractivity contribution < 1.29 is 4.52 Å². The Kier molecular flexibility index (Phi) is 3.18. The van der Waals surface area contributed by atoms with Gasteiger partial charge in [-0.05, 0) is 30.7 Å². The molecular weight excluding hydrogens is 246 g/mol. The summed E-state index contributed by atoms with van der Waals surface area (Å²) in [6, 6.07) is 0.163. The average Bonchev–Trinajstić information content (AvgIpc) is 2.98. The molecule has 0 spiro atoms. The van der Waals surface area contributed by atoms with Crippen molar-refractivity contribution in [3.05, 3.63) is 22.2 Å². The molecule has 2 heterocycles. The van der Waals surface area contributed by atoms with Gasteiger partial charge in [0.1, 0.15) is 0 Å². The van der Waals surface area contributed by atoms with E-state index in [1.54, 1.807) is 11.3 Å². The topological polar surface area (TPSA) is 64.9 Å². The molecule has 2 unspecified atom stereocenters. The second kappa shape index (κ2) is 4.82. The summed E-state index contributed by atoms with van der Waals surface area (Å²) in [5, 5.41) is 8.25. The van der Waals surface area contributed by atoms with Crippen LogP contribution in [0.3, 0.4) is 0 Å². The smallest absolute Gasteiger partial charge is 0.231 e. The maximum absolute atomic E-state index is 6.14. The van der Waals surface area contributed by atoms with E-state index in [9.17, 15) is 0 Å². The van der Waals surface area contributed by atoms with Gasteiger partial charge < -0.3 is 10.3 Å². The molecule has 3 rings (SSSR count). The normalized spacial score (nSPS) is 24.3. The highest BCUT2D eigenvalue weighted by atomic mass is 32.1. The minimum absolute atomic E-state index is 0.163. The molecule has 5 heteroatoms. The van der Waals surface area contributed by atoms with Crippen LogP contribution >= 0.6 is 11.3 Å². The summed E-state index contributed by atoms with van der Waals surface area (Å²) < 4.78 is 5.42. The molecule has 4 nitrogen and oxygen atoms in total. The van der Waals surface area contributed by atoms with E-state index in [4.69, 9.17) is 10.3 Å². The molecule has 96 valence electrons. The third-order valence-electron chi connectivity index (χ3n) is 3.67. The van der Waals surface area contributed by atoms with Crippen LogP contribution in [0.4, 0.5) is 0 Å². The fourth-order valence-corrected chi connectivity index (χ4v) is 3.38. The van der Waals surface area contributed by atoms with Crippen molar-refractivity contribution in [3.8, 4) is 11.4 Å².